The first-order valence-corrected chi connectivity index (χ1v) is 8.03. The number of hydrogen-bond donors (Lipinski definition) is 1. The SMILES string of the molecule is COc1ccc(C(C)c2ccccc2NC(=O)OC(C)(C)C)cc1. The molecule has 1 unspecified atom stereocenters. The minimum absolute atomic E-state index is 0.127. The van der Waals surface area contributed by atoms with Crippen LogP contribution < -0.4 is 10.1 Å². The van der Waals surface area contributed by atoms with Gasteiger partial charge in [0.05, 0.1) is 7.11 Å². The molecule has 1 N–H and O–H groups in total. The lowest BCUT2D eigenvalue weighted by Gasteiger charge is -2.22. The number of amides is 1. The minimum atomic E-state index is -0.527. The van der Waals surface area contributed by atoms with E-state index in [9.17, 15) is 4.79 Å². The summed E-state index contributed by atoms with van der Waals surface area (Å²) in [5.74, 6) is 0.952. The molecule has 0 bridgehead atoms. The number of carbonyl (C=O) groups is 1. The Hall–Kier alpha value is -2.49. The topological polar surface area (TPSA) is 47.6 Å². The molecule has 0 saturated carbocycles. The summed E-state index contributed by atoms with van der Waals surface area (Å²) in [7, 11) is 1.65. The van der Waals surface area contributed by atoms with Gasteiger partial charge in [0.15, 0.2) is 0 Å². The Morgan fingerprint density at radius 3 is 2.25 bits per heavy atom. The molecule has 0 aliphatic rings. The van der Waals surface area contributed by atoms with E-state index < -0.39 is 11.7 Å². The van der Waals surface area contributed by atoms with E-state index in [2.05, 4.69) is 12.2 Å². The second kappa shape index (κ2) is 7.39. The summed E-state index contributed by atoms with van der Waals surface area (Å²) >= 11 is 0. The molecular formula is C20H25NO3. The molecule has 1 amide bonds. The molecule has 0 saturated heterocycles. The molecular weight excluding hydrogens is 302 g/mol. The van der Waals surface area contributed by atoms with E-state index in [1.54, 1.807) is 7.11 Å². The van der Waals surface area contributed by atoms with E-state index in [0.717, 1.165) is 22.6 Å². The summed E-state index contributed by atoms with van der Waals surface area (Å²) in [6.07, 6.45) is -0.447. The average molecular weight is 327 g/mol. The van der Waals surface area contributed by atoms with E-state index >= 15 is 0 Å². The van der Waals surface area contributed by atoms with Crippen molar-refractivity contribution in [3.63, 3.8) is 0 Å². The zero-order valence-corrected chi connectivity index (χ0v) is 14.9. The third-order valence-corrected chi connectivity index (χ3v) is 3.68. The van der Waals surface area contributed by atoms with Crippen molar-refractivity contribution in [1.82, 2.24) is 0 Å². The van der Waals surface area contributed by atoms with Crippen molar-refractivity contribution in [2.45, 2.75) is 39.2 Å². The third-order valence-electron chi connectivity index (χ3n) is 3.68. The summed E-state index contributed by atoms with van der Waals surface area (Å²) in [4.78, 5) is 12.1. The fourth-order valence-corrected chi connectivity index (χ4v) is 2.47. The first kappa shape index (κ1) is 17.9. The van der Waals surface area contributed by atoms with E-state index in [1.807, 2.05) is 69.3 Å². The lowest BCUT2D eigenvalue weighted by Crippen LogP contribution is -2.27. The highest BCUT2D eigenvalue weighted by Crippen LogP contribution is 2.31. The number of methoxy groups -OCH3 is 1. The van der Waals surface area contributed by atoms with Crippen LogP contribution in [0.5, 0.6) is 5.75 Å². The normalized spacial score (nSPS) is 12.4. The summed E-state index contributed by atoms with van der Waals surface area (Å²) in [6.45, 7) is 7.65. The Morgan fingerprint density at radius 2 is 1.67 bits per heavy atom. The van der Waals surface area contributed by atoms with Crippen molar-refractivity contribution in [3.05, 3.63) is 59.7 Å². The molecule has 4 heteroatoms. The van der Waals surface area contributed by atoms with Gasteiger partial charge in [0.25, 0.3) is 0 Å². The van der Waals surface area contributed by atoms with Crippen molar-refractivity contribution in [3.8, 4) is 5.75 Å². The molecule has 128 valence electrons. The maximum Gasteiger partial charge on any atom is 0.412 e. The van der Waals surface area contributed by atoms with Crippen LogP contribution in [0.15, 0.2) is 48.5 Å². The number of rotatable bonds is 4. The lowest BCUT2D eigenvalue weighted by molar-refractivity contribution is 0.0636. The predicted octanol–water partition coefficient (Wildman–Crippen LogP) is 5.19. The van der Waals surface area contributed by atoms with Gasteiger partial charge in [-0.2, -0.15) is 0 Å². The van der Waals surface area contributed by atoms with Crippen LogP contribution in [0.4, 0.5) is 10.5 Å². The van der Waals surface area contributed by atoms with Gasteiger partial charge in [0.1, 0.15) is 11.4 Å². The Morgan fingerprint density at radius 1 is 1.04 bits per heavy atom. The first-order chi connectivity index (χ1) is 11.3. The highest BCUT2D eigenvalue weighted by atomic mass is 16.6. The largest absolute Gasteiger partial charge is 0.497 e. The quantitative estimate of drug-likeness (QED) is 0.840. The van der Waals surface area contributed by atoms with E-state index in [-0.39, 0.29) is 5.92 Å². The number of para-hydroxylation sites is 1. The fourth-order valence-electron chi connectivity index (χ4n) is 2.47. The van der Waals surface area contributed by atoms with Gasteiger partial charge in [-0.25, -0.2) is 4.79 Å². The Bertz CT molecular complexity index is 687. The van der Waals surface area contributed by atoms with Crippen LogP contribution >= 0.6 is 0 Å². The summed E-state index contributed by atoms with van der Waals surface area (Å²) < 4.78 is 10.5. The molecule has 0 aliphatic heterocycles. The summed E-state index contributed by atoms with van der Waals surface area (Å²) in [6, 6.07) is 15.7. The molecule has 4 nitrogen and oxygen atoms in total. The highest BCUT2D eigenvalue weighted by Gasteiger charge is 2.19. The van der Waals surface area contributed by atoms with E-state index in [1.165, 1.54) is 0 Å². The van der Waals surface area contributed by atoms with Crippen molar-refractivity contribution < 1.29 is 14.3 Å². The molecule has 0 heterocycles. The molecule has 2 rings (SSSR count). The van der Waals surface area contributed by atoms with Gasteiger partial charge in [0, 0.05) is 11.6 Å². The van der Waals surface area contributed by atoms with Crippen molar-refractivity contribution in [2.24, 2.45) is 0 Å². The van der Waals surface area contributed by atoms with Gasteiger partial charge in [-0.1, -0.05) is 37.3 Å². The number of hydrogen-bond acceptors (Lipinski definition) is 3. The molecule has 0 fully saturated rings. The van der Waals surface area contributed by atoms with Crippen LogP contribution in [-0.4, -0.2) is 18.8 Å². The summed E-state index contributed by atoms with van der Waals surface area (Å²) in [5.41, 5.74) is 2.42. The van der Waals surface area contributed by atoms with Crippen molar-refractivity contribution in [1.29, 1.82) is 0 Å². The monoisotopic (exact) mass is 327 g/mol. The highest BCUT2D eigenvalue weighted by molar-refractivity contribution is 5.86. The molecule has 24 heavy (non-hydrogen) atoms. The van der Waals surface area contributed by atoms with Crippen molar-refractivity contribution in [2.75, 3.05) is 12.4 Å². The van der Waals surface area contributed by atoms with Crippen LogP contribution in [-0.2, 0) is 4.74 Å². The second-order valence-electron chi connectivity index (χ2n) is 6.71. The summed E-state index contributed by atoms with van der Waals surface area (Å²) in [5, 5.41) is 2.85. The van der Waals surface area contributed by atoms with Gasteiger partial charge < -0.3 is 9.47 Å². The zero-order chi connectivity index (χ0) is 17.7. The van der Waals surface area contributed by atoms with E-state index in [0.29, 0.717) is 0 Å². The van der Waals surface area contributed by atoms with Gasteiger partial charge in [-0.3, -0.25) is 5.32 Å². The molecule has 0 aliphatic carbocycles. The Kier molecular flexibility index (Phi) is 5.50. The Labute approximate surface area is 143 Å². The van der Waals surface area contributed by atoms with Crippen LogP contribution in [0.3, 0.4) is 0 Å². The molecule has 2 aromatic carbocycles. The van der Waals surface area contributed by atoms with Gasteiger partial charge >= 0.3 is 6.09 Å². The molecule has 0 aromatic heterocycles. The van der Waals surface area contributed by atoms with E-state index in [4.69, 9.17) is 9.47 Å². The van der Waals surface area contributed by atoms with Gasteiger partial charge in [-0.05, 0) is 50.1 Å². The van der Waals surface area contributed by atoms with Gasteiger partial charge in [0.2, 0.25) is 0 Å². The second-order valence-corrected chi connectivity index (χ2v) is 6.71. The number of ether oxygens (including phenoxy) is 2. The third kappa shape index (κ3) is 4.75. The molecule has 2 aromatic rings. The van der Waals surface area contributed by atoms with Gasteiger partial charge in [-0.15, -0.1) is 0 Å². The zero-order valence-electron chi connectivity index (χ0n) is 14.9. The Balaban J connectivity index is 2.22. The number of nitrogens with one attached hydrogen (secondary N) is 1. The number of benzene rings is 2. The minimum Gasteiger partial charge on any atom is -0.497 e. The molecule has 0 spiro atoms. The van der Waals surface area contributed by atoms with Crippen molar-refractivity contribution >= 4 is 11.8 Å². The lowest BCUT2D eigenvalue weighted by atomic mass is 9.92. The average Bonchev–Trinajstić information content (AvgIpc) is 2.53. The van der Waals surface area contributed by atoms with Crippen LogP contribution in [0.25, 0.3) is 0 Å². The fraction of sp³-hybridized carbons (Fsp3) is 0.350. The maximum atomic E-state index is 12.1. The molecule has 1 atom stereocenters. The number of anilines is 1. The first-order valence-electron chi connectivity index (χ1n) is 8.03. The standard InChI is InChI=1S/C20H25NO3/c1-14(15-10-12-16(23-5)13-11-15)17-8-6-7-9-18(17)21-19(22)24-20(2,3)4/h6-14H,1-5H3,(H,21,22). The van der Waals surface area contributed by atoms with Crippen LogP contribution in [0.1, 0.15) is 44.7 Å². The molecule has 0 radical (unpaired) electrons. The van der Waals surface area contributed by atoms with Crippen LogP contribution in [0, 0.1) is 0 Å². The predicted molar refractivity (Wildman–Crippen MR) is 96.8 cm³/mol. The maximum absolute atomic E-state index is 12.1. The number of carbonyl (C=O) groups excluding carboxylic acids is 1. The smallest absolute Gasteiger partial charge is 0.412 e. The van der Waals surface area contributed by atoms with Crippen LogP contribution in [0.2, 0.25) is 0 Å².